The summed E-state index contributed by atoms with van der Waals surface area (Å²) in [4.78, 5) is 0. The van der Waals surface area contributed by atoms with E-state index in [4.69, 9.17) is 9.47 Å². The Hall–Kier alpha value is -0.940. The maximum atomic E-state index is 9.48. The molecule has 1 heterocycles. The predicted molar refractivity (Wildman–Crippen MR) is 74.0 cm³/mol. The van der Waals surface area contributed by atoms with Crippen LogP contribution in [0.3, 0.4) is 0 Å². The van der Waals surface area contributed by atoms with Gasteiger partial charge in [0.1, 0.15) is 0 Å². The Morgan fingerprint density at radius 2 is 2.05 bits per heavy atom. The third-order valence-electron chi connectivity index (χ3n) is 3.85. The third-order valence-corrected chi connectivity index (χ3v) is 3.85. The second-order valence-corrected chi connectivity index (χ2v) is 5.64. The molecule has 0 saturated carbocycles. The summed E-state index contributed by atoms with van der Waals surface area (Å²) >= 11 is 0. The van der Waals surface area contributed by atoms with Crippen molar-refractivity contribution in [3.63, 3.8) is 0 Å². The quantitative estimate of drug-likeness (QED) is 0.776. The normalized spacial score (nSPS) is 20.6. The molecule has 1 saturated heterocycles. The van der Waals surface area contributed by atoms with E-state index < -0.39 is 0 Å². The van der Waals surface area contributed by atoms with Crippen LogP contribution in [0.4, 0.5) is 0 Å². The molecule has 1 unspecified atom stereocenters. The first-order valence-electron chi connectivity index (χ1n) is 6.62. The first kappa shape index (κ1) is 14.5. The highest BCUT2D eigenvalue weighted by Gasteiger charge is 2.40. The average molecular weight is 265 g/mol. The van der Waals surface area contributed by atoms with Gasteiger partial charge in [-0.1, -0.05) is 30.3 Å². The lowest BCUT2D eigenvalue weighted by atomic mass is 9.84. The van der Waals surface area contributed by atoms with Crippen LogP contribution in [0.25, 0.3) is 0 Å². The van der Waals surface area contributed by atoms with Crippen LogP contribution < -0.4 is 5.32 Å². The molecule has 1 aliphatic rings. The van der Waals surface area contributed by atoms with E-state index in [0.29, 0.717) is 19.8 Å². The number of ether oxygens (including phenoxy) is 2. The molecule has 0 bridgehead atoms. The SMILES string of the molecule is COCC(C)(NCC1(CO)COC1)c1ccccc1. The number of hydrogen-bond donors (Lipinski definition) is 2. The highest BCUT2D eigenvalue weighted by Crippen LogP contribution is 2.28. The van der Waals surface area contributed by atoms with Gasteiger partial charge in [-0.3, -0.25) is 0 Å². The molecule has 0 aromatic heterocycles. The van der Waals surface area contributed by atoms with E-state index in [-0.39, 0.29) is 17.6 Å². The summed E-state index contributed by atoms with van der Waals surface area (Å²) in [5.74, 6) is 0. The van der Waals surface area contributed by atoms with E-state index in [1.54, 1.807) is 7.11 Å². The Bertz CT molecular complexity index is 386. The van der Waals surface area contributed by atoms with E-state index in [2.05, 4.69) is 24.4 Å². The van der Waals surface area contributed by atoms with Gasteiger partial charge in [0, 0.05) is 13.7 Å². The van der Waals surface area contributed by atoms with Gasteiger partial charge in [-0.25, -0.2) is 0 Å². The van der Waals surface area contributed by atoms with Gasteiger partial charge in [0.2, 0.25) is 0 Å². The maximum absolute atomic E-state index is 9.48. The molecule has 0 amide bonds. The topological polar surface area (TPSA) is 50.7 Å². The molecular weight excluding hydrogens is 242 g/mol. The van der Waals surface area contributed by atoms with Gasteiger partial charge in [0.15, 0.2) is 0 Å². The second-order valence-electron chi connectivity index (χ2n) is 5.64. The first-order chi connectivity index (χ1) is 9.14. The van der Waals surface area contributed by atoms with Crippen molar-refractivity contribution in [2.24, 2.45) is 5.41 Å². The molecule has 0 spiro atoms. The maximum Gasteiger partial charge on any atom is 0.0683 e. The molecule has 1 aromatic carbocycles. The highest BCUT2D eigenvalue weighted by molar-refractivity contribution is 5.24. The van der Waals surface area contributed by atoms with Crippen LogP contribution >= 0.6 is 0 Å². The van der Waals surface area contributed by atoms with Gasteiger partial charge in [0.25, 0.3) is 0 Å². The fourth-order valence-electron chi connectivity index (χ4n) is 2.35. The van der Waals surface area contributed by atoms with E-state index >= 15 is 0 Å². The summed E-state index contributed by atoms with van der Waals surface area (Å²) < 4.78 is 10.6. The summed E-state index contributed by atoms with van der Waals surface area (Å²) in [6.45, 7) is 4.81. The van der Waals surface area contributed by atoms with Crippen molar-refractivity contribution in [2.45, 2.75) is 12.5 Å². The van der Waals surface area contributed by atoms with E-state index in [1.165, 1.54) is 5.56 Å². The third kappa shape index (κ3) is 3.15. The molecule has 4 nitrogen and oxygen atoms in total. The van der Waals surface area contributed by atoms with Crippen molar-refractivity contribution < 1.29 is 14.6 Å². The van der Waals surface area contributed by atoms with Crippen molar-refractivity contribution in [2.75, 3.05) is 40.1 Å². The van der Waals surface area contributed by atoms with Crippen molar-refractivity contribution >= 4 is 0 Å². The van der Waals surface area contributed by atoms with Crippen LogP contribution in [0.5, 0.6) is 0 Å². The van der Waals surface area contributed by atoms with Crippen molar-refractivity contribution in [1.82, 2.24) is 5.32 Å². The van der Waals surface area contributed by atoms with Gasteiger partial charge in [-0.05, 0) is 12.5 Å². The molecule has 1 atom stereocenters. The predicted octanol–water partition coefficient (Wildman–Crippen LogP) is 1.15. The summed E-state index contributed by atoms with van der Waals surface area (Å²) in [5, 5.41) is 13.0. The monoisotopic (exact) mass is 265 g/mol. The summed E-state index contributed by atoms with van der Waals surface area (Å²) in [6, 6.07) is 10.2. The summed E-state index contributed by atoms with van der Waals surface area (Å²) in [5.41, 5.74) is 0.794. The highest BCUT2D eigenvalue weighted by atomic mass is 16.5. The van der Waals surface area contributed by atoms with Crippen LogP contribution in [-0.2, 0) is 15.0 Å². The number of benzene rings is 1. The van der Waals surface area contributed by atoms with Crippen LogP contribution in [0.15, 0.2) is 30.3 Å². The Morgan fingerprint density at radius 3 is 2.53 bits per heavy atom. The molecule has 4 heteroatoms. The fraction of sp³-hybridized carbons (Fsp3) is 0.600. The molecule has 0 aliphatic carbocycles. The van der Waals surface area contributed by atoms with E-state index in [1.807, 2.05) is 18.2 Å². The fourth-order valence-corrected chi connectivity index (χ4v) is 2.35. The Balaban J connectivity index is 2.07. The largest absolute Gasteiger partial charge is 0.396 e. The number of methoxy groups -OCH3 is 1. The number of aliphatic hydroxyl groups excluding tert-OH is 1. The first-order valence-corrected chi connectivity index (χ1v) is 6.62. The minimum Gasteiger partial charge on any atom is -0.396 e. The molecular formula is C15H23NO3. The Morgan fingerprint density at radius 1 is 1.37 bits per heavy atom. The number of rotatable bonds is 7. The van der Waals surface area contributed by atoms with Crippen molar-refractivity contribution in [3.05, 3.63) is 35.9 Å². The zero-order valence-corrected chi connectivity index (χ0v) is 11.7. The molecule has 1 fully saturated rings. The van der Waals surface area contributed by atoms with Crippen LogP contribution in [-0.4, -0.2) is 45.2 Å². The average Bonchev–Trinajstić information content (AvgIpc) is 2.39. The molecule has 2 N–H and O–H groups in total. The van der Waals surface area contributed by atoms with Crippen LogP contribution in [0.2, 0.25) is 0 Å². The molecule has 0 radical (unpaired) electrons. The van der Waals surface area contributed by atoms with Crippen molar-refractivity contribution in [1.29, 1.82) is 0 Å². The number of aliphatic hydroxyl groups is 1. The Kier molecular flexibility index (Phi) is 4.58. The van der Waals surface area contributed by atoms with Crippen LogP contribution in [0, 0.1) is 5.41 Å². The van der Waals surface area contributed by atoms with Gasteiger partial charge < -0.3 is 19.9 Å². The lowest BCUT2D eigenvalue weighted by Crippen LogP contribution is -2.56. The van der Waals surface area contributed by atoms with Crippen LogP contribution in [0.1, 0.15) is 12.5 Å². The van der Waals surface area contributed by atoms with Gasteiger partial charge in [0.05, 0.1) is 37.4 Å². The van der Waals surface area contributed by atoms with Crippen molar-refractivity contribution in [3.8, 4) is 0 Å². The zero-order valence-electron chi connectivity index (χ0n) is 11.7. The number of hydrogen-bond acceptors (Lipinski definition) is 4. The van der Waals surface area contributed by atoms with E-state index in [0.717, 1.165) is 6.54 Å². The van der Waals surface area contributed by atoms with Gasteiger partial charge in [-0.2, -0.15) is 0 Å². The molecule has 1 aliphatic heterocycles. The van der Waals surface area contributed by atoms with Gasteiger partial charge >= 0.3 is 0 Å². The Labute approximate surface area is 114 Å². The molecule has 1 aromatic rings. The minimum absolute atomic E-state index is 0.135. The van der Waals surface area contributed by atoms with E-state index in [9.17, 15) is 5.11 Å². The molecule has 2 rings (SSSR count). The number of nitrogens with one attached hydrogen (secondary N) is 1. The standard InChI is InChI=1S/C15H23NO3/c1-14(10-18-2,13-6-4-3-5-7-13)16-8-15(9-17)11-19-12-15/h3-7,16-17H,8-12H2,1-2H3. The molecule has 19 heavy (non-hydrogen) atoms. The zero-order chi connectivity index (χ0) is 13.8. The summed E-state index contributed by atoms with van der Waals surface area (Å²) in [7, 11) is 1.71. The lowest BCUT2D eigenvalue weighted by molar-refractivity contribution is -0.137. The molecule has 106 valence electrons. The minimum atomic E-state index is -0.256. The summed E-state index contributed by atoms with van der Waals surface area (Å²) in [6.07, 6.45) is 0. The lowest BCUT2D eigenvalue weighted by Gasteiger charge is -2.43. The van der Waals surface area contributed by atoms with Gasteiger partial charge in [-0.15, -0.1) is 0 Å². The smallest absolute Gasteiger partial charge is 0.0683 e. The second kappa shape index (κ2) is 6.01.